The second kappa shape index (κ2) is 6.60. The van der Waals surface area contributed by atoms with Crippen LogP contribution in [0.4, 0.5) is 5.69 Å². The minimum Gasteiger partial charge on any atom is -0.382 e. The van der Waals surface area contributed by atoms with E-state index in [0.29, 0.717) is 6.04 Å². The maximum Gasteiger partial charge on any atom is 0.251 e. The molecule has 3 heteroatoms. The Morgan fingerprint density at radius 1 is 1.32 bits per heavy atom. The van der Waals surface area contributed by atoms with E-state index in [-0.39, 0.29) is 5.91 Å². The third-order valence-corrected chi connectivity index (χ3v) is 4.14. The molecule has 1 fully saturated rings. The number of nitrogens with one attached hydrogen (secondary N) is 2. The van der Waals surface area contributed by atoms with Gasteiger partial charge in [-0.3, -0.25) is 4.79 Å². The predicted octanol–water partition coefficient (Wildman–Crippen LogP) is 3.43. The summed E-state index contributed by atoms with van der Waals surface area (Å²) in [5, 5.41) is 6.29. The average molecular weight is 260 g/mol. The van der Waals surface area contributed by atoms with Crippen LogP contribution in [0.25, 0.3) is 0 Å². The maximum absolute atomic E-state index is 11.6. The summed E-state index contributed by atoms with van der Waals surface area (Å²) in [6, 6.07) is 8.34. The van der Waals surface area contributed by atoms with Crippen LogP contribution in [0.5, 0.6) is 0 Å². The Hall–Kier alpha value is -1.51. The molecule has 2 N–H and O–H groups in total. The normalized spacial score (nSPS) is 22.8. The second-order valence-electron chi connectivity index (χ2n) is 5.36. The molecule has 19 heavy (non-hydrogen) atoms. The van der Waals surface area contributed by atoms with Crippen molar-refractivity contribution in [2.75, 3.05) is 12.4 Å². The minimum absolute atomic E-state index is 0.0284. The molecule has 2 rings (SSSR count). The molecule has 1 amide bonds. The molecule has 2 unspecified atom stereocenters. The van der Waals surface area contributed by atoms with Crippen molar-refractivity contribution in [1.29, 1.82) is 0 Å². The topological polar surface area (TPSA) is 41.1 Å². The molecule has 0 aromatic heterocycles. The van der Waals surface area contributed by atoms with E-state index in [2.05, 4.69) is 17.6 Å². The molecule has 0 heterocycles. The van der Waals surface area contributed by atoms with Crippen LogP contribution in [0.1, 0.15) is 49.4 Å². The molecule has 2 atom stereocenters. The molecular formula is C16H24N2O. The molecule has 0 bridgehead atoms. The highest BCUT2D eigenvalue weighted by Crippen LogP contribution is 2.29. The summed E-state index contributed by atoms with van der Waals surface area (Å²) >= 11 is 0. The monoisotopic (exact) mass is 260 g/mol. The minimum atomic E-state index is -0.0284. The van der Waals surface area contributed by atoms with Gasteiger partial charge in [0, 0.05) is 24.3 Å². The van der Waals surface area contributed by atoms with Gasteiger partial charge in [-0.25, -0.2) is 0 Å². The highest BCUT2D eigenvalue weighted by Gasteiger charge is 2.23. The number of carbonyl (C=O) groups excluding carboxylic acids is 1. The van der Waals surface area contributed by atoms with E-state index in [0.717, 1.165) is 17.2 Å². The fraction of sp³-hybridized carbons (Fsp3) is 0.562. The summed E-state index contributed by atoms with van der Waals surface area (Å²) in [6.07, 6.45) is 6.46. The van der Waals surface area contributed by atoms with Crippen molar-refractivity contribution < 1.29 is 4.79 Å². The first-order valence-electron chi connectivity index (χ1n) is 7.33. The zero-order valence-corrected chi connectivity index (χ0v) is 11.9. The van der Waals surface area contributed by atoms with Gasteiger partial charge in [0.25, 0.3) is 5.91 Å². The van der Waals surface area contributed by atoms with Gasteiger partial charge in [-0.05, 0) is 37.0 Å². The number of hydrogen-bond donors (Lipinski definition) is 2. The summed E-state index contributed by atoms with van der Waals surface area (Å²) < 4.78 is 0. The van der Waals surface area contributed by atoms with E-state index >= 15 is 0 Å². The van der Waals surface area contributed by atoms with Gasteiger partial charge in [0.1, 0.15) is 0 Å². The molecule has 1 aliphatic rings. The summed E-state index contributed by atoms with van der Waals surface area (Å²) in [4.78, 5) is 11.6. The quantitative estimate of drug-likeness (QED) is 0.871. The first-order valence-corrected chi connectivity index (χ1v) is 7.33. The summed E-state index contributed by atoms with van der Waals surface area (Å²) in [7, 11) is 1.66. The zero-order chi connectivity index (χ0) is 13.7. The SMILES string of the molecule is CCC1CCCCC1Nc1cccc(C(=O)NC)c1. The molecule has 1 saturated carbocycles. The summed E-state index contributed by atoms with van der Waals surface area (Å²) in [6.45, 7) is 2.27. The van der Waals surface area contributed by atoms with E-state index < -0.39 is 0 Å². The summed E-state index contributed by atoms with van der Waals surface area (Å²) in [5.74, 6) is 0.733. The Kier molecular flexibility index (Phi) is 4.83. The molecular weight excluding hydrogens is 236 g/mol. The lowest BCUT2D eigenvalue weighted by Crippen LogP contribution is -2.31. The lowest BCUT2D eigenvalue weighted by molar-refractivity contribution is 0.0963. The molecule has 0 aliphatic heterocycles. The van der Waals surface area contributed by atoms with Crippen molar-refractivity contribution in [3.63, 3.8) is 0 Å². The van der Waals surface area contributed by atoms with E-state index in [9.17, 15) is 4.79 Å². The molecule has 0 spiro atoms. The molecule has 0 radical (unpaired) electrons. The lowest BCUT2D eigenvalue weighted by atomic mass is 9.83. The number of anilines is 1. The van der Waals surface area contributed by atoms with Crippen LogP contribution in [0.2, 0.25) is 0 Å². The van der Waals surface area contributed by atoms with Crippen LogP contribution < -0.4 is 10.6 Å². The lowest BCUT2D eigenvalue weighted by Gasteiger charge is -2.32. The highest BCUT2D eigenvalue weighted by atomic mass is 16.1. The van der Waals surface area contributed by atoms with Crippen molar-refractivity contribution in [3.05, 3.63) is 29.8 Å². The van der Waals surface area contributed by atoms with Crippen molar-refractivity contribution in [2.24, 2.45) is 5.92 Å². The Morgan fingerprint density at radius 3 is 2.84 bits per heavy atom. The number of rotatable bonds is 4. The van der Waals surface area contributed by atoms with E-state index in [1.54, 1.807) is 7.05 Å². The molecule has 1 aromatic carbocycles. The predicted molar refractivity (Wildman–Crippen MR) is 79.5 cm³/mol. The Labute approximate surface area is 115 Å². The van der Waals surface area contributed by atoms with Crippen molar-refractivity contribution in [2.45, 2.75) is 45.1 Å². The maximum atomic E-state index is 11.6. The van der Waals surface area contributed by atoms with Crippen LogP contribution in [-0.4, -0.2) is 19.0 Å². The largest absolute Gasteiger partial charge is 0.382 e. The van der Waals surface area contributed by atoms with Gasteiger partial charge in [-0.15, -0.1) is 0 Å². The number of amides is 1. The van der Waals surface area contributed by atoms with Crippen LogP contribution >= 0.6 is 0 Å². The number of carbonyl (C=O) groups is 1. The van der Waals surface area contributed by atoms with Gasteiger partial charge < -0.3 is 10.6 Å². The van der Waals surface area contributed by atoms with Gasteiger partial charge in [-0.2, -0.15) is 0 Å². The van der Waals surface area contributed by atoms with Gasteiger partial charge in [0.15, 0.2) is 0 Å². The van der Waals surface area contributed by atoms with E-state index in [1.165, 1.54) is 32.1 Å². The molecule has 104 valence electrons. The molecule has 0 saturated heterocycles. The smallest absolute Gasteiger partial charge is 0.251 e. The highest BCUT2D eigenvalue weighted by molar-refractivity contribution is 5.94. The van der Waals surface area contributed by atoms with Crippen LogP contribution in [-0.2, 0) is 0 Å². The number of hydrogen-bond acceptors (Lipinski definition) is 2. The first-order chi connectivity index (χ1) is 9.24. The fourth-order valence-electron chi connectivity index (χ4n) is 2.99. The molecule has 3 nitrogen and oxygen atoms in total. The Balaban J connectivity index is 2.07. The third-order valence-electron chi connectivity index (χ3n) is 4.14. The van der Waals surface area contributed by atoms with E-state index in [1.807, 2.05) is 24.3 Å². The standard InChI is InChI=1S/C16H24N2O/c1-3-12-7-4-5-10-15(12)18-14-9-6-8-13(11-14)16(19)17-2/h6,8-9,11-12,15,18H,3-5,7,10H2,1-2H3,(H,17,19). The third kappa shape index (κ3) is 3.49. The first kappa shape index (κ1) is 13.9. The fourth-order valence-corrected chi connectivity index (χ4v) is 2.99. The Bertz CT molecular complexity index is 431. The van der Waals surface area contributed by atoms with Crippen LogP contribution in [0, 0.1) is 5.92 Å². The molecule has 1 aromatic rings. The van der Waals surface area contributed by atoms with Crippen LogP contribution in [0.15, 0.2) is 24.3 Å². The van der Waals surface area contributed by atoms with Gasteiger partial charge >= 0.3 is 0 Å². The van der Waals surface area contributed by atoms with E-state index in [4.69, 9.17) is 0 Å². The number of benzene rings is 1. The van der Waals surface area contributed by atoms with Gasteiger partial charge in [0.05, 0.1) is 0 Å². The average Bonchev–Trinajstić information content (AvgIpc) is 2.47. The van der Waals surface area contributed by atoms with Crippen molar-refractivity contribution >= 4 is 11.6 Å². The van der Waals surface area contributed by atoms with Crippen molar-refractivity contribution in [3.8, 4) is 0 Å². The van der Waals surface area contributed by atoms with Gasteiger partial charge in [-0.1, -0.05) is 32.3 Å². The van der Waals surface area contributed by atoms with Gasteiger partial charge in [0.2, 0.25) is 0 Å². The van der Waals surface area contributed by atoms with Crippen molar-refractivity contribution in [1.82, 2.24) is 5.32 Å². The molecule has 1 aliphatic carbocycles. The van der Waals surface area contributed by atoms with Crippen LogP contribution in [0.3, 0.4) is 0 Å². The zero-order valence-electron chi connectivity index (χ0n) is 11.9. The summed E-state index contributed by atoms with van der Waals surface area (Å²) in [5.41, 5.74) is 1.78. The second-order valence-corrected chi connectivity index (χ2v) is 5.36. The Morgan fingerprint density at radius 2 is 2.11 bits per heavy atom.